The molecule has 2 aliphatic heterocycles. The minimum atomic E-state index is -0.324. The van der Waals surface area contributed by atoms with E-state index in [1.807, 2.05) is 11.0 Å². The SMILES string of the molecule is CCc1c(N(CC)C2CCOCC2)cc2oc(CN3CCN(C(=O)CC(C)(C)C)CC3)cc2c1C(=O)OC. The lowest BCUT2D eigenvalue weighted by Crippen LogP contribution is -2.48. The molecule has 0 N–H and O–H groups in total. The molecule has 38 heavy (non-hydrogen) atoms. The van der Waals surface area contributed by atoms with Crippen LogP contribution < -0.4 is 4.90 Å². The molecule has 0 unspecified atom stereocenters. The van der Waals surface area contributed by atoms with E-state index in [9.17, 15) is 9.59 Å². The van der Waals surface area contributed by atoms with Gasteiger partial charge in [0.1, 0.15) is 11.3 Å². The summed E-state index contributed by atoms with van der Waals surface area (Å²) in [7, 11) is 1.44. The lowest BCUT2D eigenvalue weighted by molar-refractivity contribution is -0.134. The standard InChI is InChI=1S/C30H45N3O5/c1-7-23-25(33(8-2)21-9-15-37-16-10-21)18-26-24(28(23)29(35)36-6)17-22(38-26)20-31-11-13-32(14-12-31)27(34)19-30(3,4)5/h17-18,21H,7-16,19-20H2,1-6H3. The van der Waals surface area contributed by atoms with Gasteiger partial charge in [-0.25, -0.2) is 4.79 Å². The van der Waals surface area contributed by atoms with Crippen molar-refractivity contribution < 1.29 is 23.5 Å². The summed E-state index contributed by atoms with van der Waals surface area (Å²) in [4.78, 5) is 32.4. The topological polar surface area (TPSA) is 75.5 Å². The normalized spacial score (nSPS) is 17.7. The largest absolute Gasteiger partial charge is 0.465 e. The quantitative estimate of drug-likeness (QED) is 0.454. The molecule has 0 bridgehead atoms. The van der Waals surface area contributed by atoms with Crippen molar-refractivity contribution in [3.8, 4) is 0 Å². The van der Waals surface area contributed by atoms with Crippen molar-refractivity contribution in [3.05, 3.63) is 29.0 Å². The zero-order valence-corrected chi connectivity index (χ0v) is 24.1. The van der Waals surface area contributed by atoms with Gasteiger partial charge in [0.05, 0.1) is 19.2 Å². The van der Waals surface area contributed by atoms with Crippen molar-refractivity contribution in [2.75, 3.05) is 57.9 Å². The molecule has 4 rings (SSSR count). The number of esters is 1. The Morgan fingerprint density at radius 3 is 2.34 bits per heavy atom. The highest BCUT2D eigenvalue weighted by atomic mass is 16.5. The number of furan rings is 1. The Labute approximate surface area is 227 Å². The number of carbonyl (C=O) groups excluding carboxylic acids is 2. The van der Waals surface area contributed by atoms with E-state index in [1.54, 1.807) is 0 Å². The van der Waals surface area contributed by atoms with Gasteiger partial charge in [-0.2, -0.15) is 0 Å². The number of amides is 1. The number of fused-ring (bicyclic) bond motifs is 1. The maximum atomic E-state index is 13.1. The Morgan fingerprint density at radius 1 is 1.08 bits per heavy atom. The van der Waals surface area contributed by atoms with Gasteiger partial charge in [0.25, 0.3) is 0 Å². The van der Waals surface area contributed by atoms with Crippen molar-refractivity contribution in [1.82, 2.24) is 9.80 Å². The number of nitrogens with zero attached hydrogens (tertiary/aromatic N) is 3. The molecule has 1 amide bonds. The van der Waals surface area contributed by atoms with Gasteiger partial charge in [-0.1, -0.05) is 27.7 Å². The number of carbonyl (C=O) groups is 2. The first-order chi connectivity index (χ1) is 18.1. The first-order valence-electron chi connectivity index (χ1n) is 14.2. The van der Waals surface area contributed by atoms with E-state index in [-0.39, 0.29) is 17.3 Å². The second kappa shape index (κ2) is 12.1. The summed E-state index contributed by atoms with van der Waals surface area (Å²) in [5, 5.41) is 0.814. The van der Waals surface area contributed by atoms with Crippen LogP contribution in [0.2, 0.25) is 0 Å². The van der Waals surface area contributed by atoms with Crippen molar-refractivity contribution in [2.24, 2.45) is 5.41 Å². The zero-order chi connectivity index (χ0) is 27.4. The van der Waals surface area contributed by atoms with E-state index in [1.165, 1.54) is 7.11 Å². The van der Waals surface area contributed by atoms with Crippen molar-refractivity contribution >= 4 is 28.5 Å². The second-order valence-electron chi connectivity index (χ2n) is 11.7. The monoisotopic (exact) mass is 527 g/mol. The summed E-state index contributed by atoms with van der Waals surface area (Å²) in [6, 6.07) is 4.49. The van der Waals surface area contributed by atoms with Crippen LogP contribution in [-0.4, -0.2) is 80.8 Å². The molecule has 0 atom stereocenters. The second-order valence-corrected chi connectivity index (χ2v) is 11.7. The first kappa shape index (κ1) is 28.4. The van der Waals surface area contributed by atoms with Crippen molar-refractivity contribution in [2.45, 2.75) is 72.9 Å². The van der Waals surface area contributed by atoms with E-state index in [0.717, 1.165) is 93.2 Å². The van der Waals surface area contributed by atoms with E-state index >= 15 is 0 Å². The van der Waals surface area contributed by atoms with Gasteiger partial charge >= 0.3 is 5.97 Å². The van der Waals surface area contributed by atoms with Crippen molar-refractivity contribution in [1.29, 1.82) is 0 Å². The zero-order valence-electron chi connectivity index (χ0n) is 24.1. The Balaban J connectivity index is 1.59. The van der Waals surface area contributed by atoms with E-state index in [0.29, 0.717) is 24.6 Å². The molecule has 1 aromatic carbocycles. The third-order valence-corrected chi connectivity index (χ3v) is 7.77. The number of hydrogen-bond acceptors (Lipinski definition) is 7. The number of ether oxygens (including phenoxy) is 2. The highest BCUT2D eigenvalue weighted by Crippen LogP contribution is 2.37. The van der Waals surface area contributed by atoms with Gasteiger partial charge in [-0.15, -0.1) is 0 Å². The van der Waals surface area contributed by atoms with Crippen LogP contribution in [0.25, 0.3) is 11.0 Å². The van der Waals surface area contributed by atoms with Gasteiger partial charge in [-0.3, -0.25) is 9.69 Å². The fourth-order valence-corrected chi connectivity index (χ4v) is 5.85. The lowest BCUT2D eigenvalue weighted by atomic mass is 9.91. The molecule has 3 heterocycles. The van der Waals surface area contributed by atoms with Crippen LogP contribution in [0.3, 0.4) is 0 Å². The Hall–Kier alpha value is -2.58. The van der Waals surface area contributed by atoms with Crippen LogP contribution in [-0.2, 0) is 27.2 Å². The number of anilines is 1. The Kier molecular flexibility index (Phi) is 9.04. The Morgan fingerprint density at radius 2 is 1.76 bits per heavy atom. The summed E-state index contributed by atoms with van der Waals surface area (Å²) in [6.07, 6.45) is 3.23. The van der Waals surface area contributed by atoms with E-state index < -0.39 is 0 Å². The highest BCUT2D eigenvalue weighted by Gasteiger charge is 2.29. The summed E-state index contributed by atoms with van der Waals surface area (Å²) in [6.45, 7) is 16.6. The molecular weight excluding hydrogens is 482 g/mol. The van der Waals surface area contributed by atoms with Crippen LogP contribution in [0.1, 0.15) is 75.6 Å². The fraction of sp³-hybridized carbons (Fsp3) is 0.667. The van der Waals surface area contributed by atoms with Crippen LogP contribution in [0.15, 0.2) is 16.5 Å². The maximum Gasteiger partial charge on any atom is 0.338 e. The van der Waals surface area contributed by atoms with Gasteiger partial charge in [0.2, 0.25) is 5.91 Å². The van der Waals surface area contributed by atoms with Crippen LogP contribution in [0.5, 0.6) is 0 Å². The average Bonchev–Trinajstić information content (AvgIpc) is 3.29. The Bertz CT molecular complexity index is 1120. The van der Waals surface area contributed by atoms with Gasteiger partial charge in [-0.05, 0) is 43.2 Å². The third-order valence-electron chi connectivity index (χ3n) is 7.77. The number of methoxy groups -OCH3 is 1. The molecule has 2 aliphatic rings. The molecule has 0 saturated carbocycles. The summed E-state index contributed by atoms with van der Waals surface area (Å²) < 4.78 is 17.3. The molecule has 210 valence electrons. The highest BCUT2D eigenvalue weighted by molar-refractivity contribution is 6.07. The lowest BCUT2D eigenvalue weighted by Gasteiger charge is -2.36. The minimum absolute atomic E-state index is 0.00580. The van der Waals surface area contributed by atoms with Gasteiger partial charge in [0.15, 0.2) is 0 Å². The molecule has 0 aliphatic carbocycles. The predicted molar refractivity (Wildman–Crippen MR) is 150 cm³/mol. The number of piperazine rings is 1. The molecule has 8 heteroatoms. The van der Waals surface area contributed by atoms with E-state index in [2.05, 4.69) is 50.5 Å². The molecule has 2 fully saturated rings. The number of hydrogen-bond donors (Lipinski definition) is 0. The molecule has 8 nitrogen and oxygen atoms in total. The number of benzene rings is 1. The van der Waals surface area contributed by atoms with Crippen LogP contribution in [0.4, 0.5) is 5.69 Å². The summed E-state index contributed by atoms with van der Waals surface area (Å²) >= 11 is 0. The van der Waals surface area contributed by atoms with Crippen molar-refractivity contribution in [3.63, 3.8) is 0 Å². The fourth-order valence-electron chi connectivity index (χ4n) is 5.85. The molecule has 2 saturated heterocycles. The molecule has 2 aromatic rings. The predicted octanol–water partition coefficient (Wildman–Crippen LogP) is 4.87. The minimum Gasteiger partial charge on any atom is -0.465 e. The average molecular weight is 528 g/mol. The van der Waals surface area contributed by atoms with Gasteiger partial charge in [0, 0.05) is 75.5 Å². The van der Waals surface area contributed by atoms with Crippen LogP contribution in [0, 0.1) is 5.41 Å². The third kappa shape index (κ3) is 6.34. The molecule has 1 aromatic heterocycles. The van der Waals surface area contributed by atoms with Gasteiger partial charge < -0.3 is 23.7 Å². The number of rotatable bonds is 8. The summed E-state index contributed by atoms with van der Waals surface area (Å²) in [5.74, 6) is 0.733. The molecule has 0 radical (unpaired) electrons. The first-order valence-corrected chi connectivity index (χ1v) is 14.2. The van der Waals surface area contributed by atoms with E-state index in [4.69, 9.17) is 13.9 Å². The summed E-state index contributed by atoms with van der Waals surface area (Å²) in [5.41, 5.74) is 3.39. The maximum absolute atomic E-state index is 13.1. The smallest absolute Gasteiger partial charge is 0.338 e. The molecular formula is C30H45N3O5. The molecule has 0 spiro atoms. The van der Waals surface area contributed by atoms with Crippen LogP contribution >= 0.6 is 0 Å².